The standard InChI is InChI=1S/C30H32Cl2N4O3.C16H21N3O2.C14H11Cl2NO2/c1-18-16-36(20-9-10-21-23(30(37)38-3)17-34(2)26(21)15-20)14-13-35(18)12-11-22-28(33-39-29(22)19-7-8-19)27-24(31)5-4-6-25(27)32;1-11-9-19(7-6-17-11)12-4-5-13-14(16(20)21-3)10-18(2)15(13)8-12;15-10-2-1-3-11(16)12(10)13-9(6-7-18)14(19-17-13)8-4-5-8/h4-6,9-10,15,17-19H,7-8,11-14,16H2,1-3H3;4-5,8,10-11,17H,6-7,9H2,1-3H3;1-3,7-8H,4-6H2. The monoisotopic (exact) mass is 1150 g/mol. The molecule has 4 aromatic heterocycles. The summed E-state index contributed by atoms with van der Waals surface area (Å²) >= 11 is 25.5. The summed E-state index contributed by atoms with van der Waals surface area (Å²) in [4.78, 5) is 42.2. The fourth-order valence-electron chi connectivity index (χ4n) is 11.0. The number of halogens is 4. The van der Waals surface area contributed by atoms with Crippen LogP contribution in [0.4, 0.5) is 11.4 Å². The molecule has 4 aliphatic rings. The van der Waals surface area contributed by atoms with E-state index in [1.54, 1.807) is 18.2 Å². The minimum absolute atomic E-state index is 0.270. The first-order valence-electron chi connectivity index (χ1n) is 26.8. The second-order valence-electron chi connectivity index (χ2n) is 20.9. The van der Waals surface area contributed by atoms with E-state index in [0.29, 0.717) is 66.4 Å². The van der Waals surface area contributed by atoms with Crippen LogP contribution in [0.5, 0.6) is 0 Å². The van der Waals surface area contributed by atoms with Crippen LogP contribution in [-0.2, 0) is 41.2 Å². The van der Waals surface area contributed by atoms with Crippen molar-refractivity contribution >= 4 is 97.8 Å². The van der Waals surface area contributed by atoms with Gasteiger partial charge in [0.1, 0.15) is 29.2 Å². The number of carbonyl (C=O) groups is 3. The normalized spacial score (nSPS) is 17.5. The Bertz CT molecular complexity index is 3500. The summed E-state index contributed by atoms with van der Waals surface area (Å²) in [6.45, 7) is 11.2. The van der Waals surface area contributed by atoms with Gasteiger partial charge in [-0.2, -0.15) is 0 Å². The van der Waals surface area contributed by atoms with Gasteiger partial charge in [-0.15, -0.1) is 0 Å². The number of esters is 2. The van der Waals surface area contributed by atoms with E-state index in [2.05, 4.69) is 68.4 Å². The van der Waals surface area contributed by atoms with Crippen LogP contribution < -0.4 is 15.1 Å². The third-order valence-corrected chi connectivity index (χ3v) is 16.8. The quantitative estimate of drug-likeness (QED) is 0.0861. The van der Waals surface area contributed by atoms with Crippen molar-refractivity contribution in [2.75, 3.05) is 69.8 Å². The van der Waals surface area contributed by atoms with Crippen LogP contribution in [0.2, 0.25) is 20.1 Å². The minimum atomic E-state index is -0.312. The second-order valence-corrected chi connectivity index (χ2v) is 22.6. The van der Waals surface area contributed by atoms with Gasteiger partial charge >= 0.3 is 11.9 Å². The van der Waals surface area contributed by atoms with Crippen LogP contribution in [-0.4, -0.2) is 115 Å². The van der Waals surface area contributed by atoms with Crippen LogP contribution in [0.25, 0.3) is 44.3 Å². The van der Waals surface area contributed by atoms with Gasteiger partial charge in [-0.05, 0) is 107 Å². The third kappa shape index (κ3) is 11.9. The van der Waals surface area contributed by atoms with Crippen LogP contribution in [0.1, 0.15) is 94.7 Å². The molecule has 15 nitrogen and oxygen atoms in total. The Labute approximate surface area is 479 Å². The summed E-state index contributed by atoms with van der Waals surface area (Å²) in [5, 5.41) is 16.0. The lowest BCUT2D eigenvalue weighted by Crippen LogP contribution is -2.52. The lowest BCUT2D eigenvalue weighted by Gasteiger charge is -2.41. The first-order chi connectivity index (χ1) is 38.2. The molecule has 19 heteroatoms. The van der Waals surface area contributed by atoms with Crippen molar-refractivity contribution in [1.82, 2.24) is 29.7 Å². The fourth-order valence-corrected chi connectivity index (χ4v) is 12.2. The van der Waals surface area contributed by atoms with Crippen LogP contribution >= 0.6 is 46.4 Å². The van der Waals surface area contributed by atoms with E-state index in [1.165, 1.54) is 19.9 Å². The second kappa shape index (κ2) is 24.2. The molecular weight excluding hydrogens is 1090 g/mol. The molecule has 1 N–H and O–H groups in total. The minimum Gasteiger partial charge on any atom is -0.465 e. The highest BCUT2D eigenvalue weighted by Crippen LogP contribution is 2.47. The van der Waals surface area contributed by atoms with Gasteiger partial charge in [0.2, 0.25) is 0 Å². The highest BCUT2D eigenvalue weighted by atomic mass is 35.5. The molecule has 2 unspecified atom stereocenters. The first kappa shape index (κ1) is 56.0. The van der Waals surface area contributed by atoms with Crippen LogP contribution in [0.3, 0.4) is 0 Å². The molecule has 2 aliphatic carbocycles. The molecule has 414 valence electrons. The number of hydrogen-bond acceptors (Lipinski definition) is 13. The van der Waals surface area contributed by atoms with Gasteiger partial charge in [-0.3, -0.25) is 4.90 Å². The predicted molar refractivity (Wildman–Crippen MR) is 313 cm³/mol. The maximum Gasteiger partial charge on any atom is 0.340 e. The average Bonchev–Trinajstić information content (AvgIpc) is 4.49. The summed E-state index contributed by atoms with van der Waals surface area (Å²) in [6, 6.07) is 24.2. The molecule has 8 aromatic rings. The van der Waals surface area contributed by atoms with Gasteiger partial charge in [0.15, 0.2) is 0 Å². The molecule has 2 saturated heterocycles. The molecule has 4 aromatic carbocycles. The molecule has 6 heterocycles. The lowest BCUT2D eigenvalue weighted by atomic mass is 10.0. The topological polar surface area (TPSA) is 153 Å². The number of nitrogens with zero attached hydrogens (tertiary/aromatic N) is 7. The number of aromatic nitrogens is 4. The third-order valence-electron chi connectivity index (χ3n) is 15.5. The molecule has 12 rings (SSSR count). The Balaban J connectivity index is 0.000000148. The summed E-state index contributed by atoms with van der Waals surface area (Å²) in [5.74, 6) is 2.03. The van der Waals surface area contributed by atoms with Gasteiger partial charge in [-0.25, -0.2) is 9.59 Å². The largest absolute Gasteiger partial charge is 0.465 e. The predicted octanol–water partition coefficient (Wildman–Crippen LogP) is 12.6. The number of anilines is 2. The van der Waals surface area contributed by atoms with Gasteiger partial charge < -0.3 is 47.6 Å². The van der Waals surface area contributed by atoms with E-state index in [0.717, 1.165) is 146 Å². The number of methoxy groups -OCH3 is 2. The number of benzene rings is 4. The van der Waals surface area contributed by atoms with Crippen LogP contribution in [0, 0.1) is 0 Å². The Morgan fingerprint density at radius 3 is 1.61 bits per heavy atom. The number of hydrogen-bond donors (Lipinski definition) is 1. The summed E-state index contributed by atoms with van der Waals surface area (Å²) < 4.78 is 25.1. The van der Waals surface area contributed by atoms with E-state index >= 15 is 0 Å². The molecule has 4 fully saturated rings. The molecule has 0 spiro atoms. The van der Waals surface area contributed by atoms with E-state index in [4.69, 9.17) is 64.9 Å². The smallest absolute Gasteiger partial charge is 0.340 e. The lowest BCUT2D eigenvalue weighted by molar-refractivity contribution is -0.107. The molecule has 0 bridgehead atoms. The number of rotatable bonds is 13. The number of ether oxygens (including phenoxy) is 2. The summed E-state index contributed by atoms with van der Waals surface area (Å²) in [7, 11) is 6.75. The number of nitrogens with one attached hydrogen (secondary N) is 1. The van der Waals surface area contributed by atoms with Crippen molar-refractivity contribution in [3.63, 3.8) is 0 Å². The van der Waals surface area contributed by atoms with Gasteiger partial charge in [0.05, 0.1) is 56.5 Å². The highest BCUT2D eigenvalue weighted by molar-refractivity contribution is 6.39. The molecule has 79 heavy (non-hydrogen) atoms. The molecule has 2 saturated carbocycles. The number of fused-ring (bicyclic) bond motifs is 2. The highest BCUT2D eigenvalue weighted by Gasteiger charge is 2.35. The maximum absolute atomic E-state index is 12.2. The maximum atomic E-state index is 12.2. The average molecular weight is 1150 g/mol. The zero-order chi connectivity index (χ0) is 55.6. The van der Waals surface area contributed by atoms with Crippen molar-refractivity contribution < 1.29 is 32.9 Å². The molecular formula is C60H64Cl4N8O7. The zero-order valence-corrected chi connectivity index (χ0v) is 48.2. The SMILES string of the molecule is COC(=O)c1cn(C)c2cc(N3CCN(CCc4c(-c5c(Cl)cccc5Cl)noc4C4CC4)C(C)C3)ccc12.COC(=O)c1cn(C)c2cc(N3CCNC(C)C3)ccc12.O=CCc1c(-c2c(Cl)cccc2Cl)noc1C1CC1. The molecule has 0 amide bonds. The van der Waals surface area contributed by atoms with Crippen molar-refractivity contribution in [1.29, 1.82) is 0 Å². The number of aldehydes is 1. The van der Waals surface area contributed by atoms with E-state index in [1.807, 2.05) is 66.0 Å². The Morgan fingerprint density at radius 1 is 0.671 bits per heavy atom. The van der Waals surface area contributed by atoms with E-state index in [-0.39, 0.29) is 18.4 Å². The van der Waals surface area contributed by atoms with Crippen LogP contribution in [0.15, 0.2) is 94.2 Å². The Morgan fingerprint density at radius 2 is 1.15 bits per heavy atom. The van der Waals surface area contributed by atoms with Gasteiger partial charge in [0, 0.05) is 147 Å². The van der Waals surface area contributed by atoms with Crippen molar-refractivity contribution in [2.45, 2.75) is 76.3 Å². The van der Waals surface area contributed by atoms with Crippen molar-refractivity contribution in [3.05, 3.63) is 139 Å². The fraction of sp³-hybridized carbons (Fsp3) is 0.383. The Kier molecular flexibility index (Phi) is 17.1. The van der Waals surface area contributed by atoms with Crippen molar-refractivity contribution in [2.24, 2.45) is 14.1 Å². The first-order valence-corrected chi connectivity index (χ1v) is 28.3. The number of piperazine rings is 2. The van der Waals surface area contributed by atoms with Gasteiger partial charge in [-0.1, -0.05) is 68.8 Å². The summed E-state index contributed by atoms with van der Waals surface area (Å²) in [5.41, 5.74) is 10.4. The number of carbonyl (C=O) groups excluding carboxylic acids is 3. The molecule has 2 atom stereocenters. The summed E-state index contributed by atoms with van der Waals surface area (Å²) in [6.07, 6.45) is 10.1. The molecule has 2 aliphatic heterocycles. The van der Waals surface area contributed by atoms with E-state index < -0.39 is 0 Å². The van der Waals surface area contributed by atoms with E-state index in [9.17, 15) is 14.4 Å². The van der Waals surface area contributed by atoms with Crippen molar-refractivity contribution in [3.8, 4) is 22.5 Å². The Hall–Kier alpha value is -6.33. The zero-order valence-electron chi connectivity index (χ0n) is 45.2. The molecule has 0 radical (unpaired) electrons. The number of aryl methyl sites for hydroxylation is 2. The van der Waals surface area contributed by atoms with Gasteiger partial charge in [0.25, 0.3) is 0 Å².